The molecule has 0 atom stereocenters. The minimum absolute atomic E-state index is 0.00802. The van der Waals surface area contributed by atoms with Crippen molar-refractivity contribution < 1.29 is 19.1 Å². The van der Waals surface area contributed by atoms with Gasteiger partial charge in [-0.25, -0.2) is 4.79 Å². The van der Waals surface area contributed by atoms with Gasteiger partial charge in [-0.2, -0.15) is 5.12 Å². The Bertz CT molecular complexity index is 737. The van der Waals surface area contributed by atoms with Crippen LogP contribution in [0, 0.1) is 6.92 Å². The third-order valence-corrected chi connectivity index (χ3v) is 3.65. The van der Waals surface area contributed by atoms with Gasteiger partial charge in [-0.15, -0.1) is 0 Å². The van der Waals surface area contributed by atoms with E-state index in [-0.39, 0.29) is 32.8 Å². The van der Waals surface area contributed by atoms with Crippen LogP contribution in [0.1, 0.15) is 15.9 Å². The second-order valence-corrected chi connectivity index (χ2v) is 4.99. The first-order valence-corrected chi connectivity index (χ1v) is 6.66. The topological polar surface area (TPSA) is 75.8 Å². The highest BCUT2D eigenvalue weighted by Crippen LogP contribution is 2.39. The van der Waals surface area contributed by atoms with Crippen LogP contribution >= 0.6 is 11.6 Å². The molecule has 22 heavy (non-hydrogen) atoms. The normalized spacial score (nSPS) is 10.4. The molecular formula is C15H14ClFN2O3. The van der Waals surface area contributed by atoms with E-state index in [1.807, 2.05) is 0 Å². The van der Waals surface area contributed by atoms with Gasteiger partial charge >= 0.3 is 5.97 Å². The first-order chi connectivity index (χ1) is 10.4. The van der Waals surface area contributed by atoms with E-state index in [0.29, 0.717) is 11.3 Å². The van der Waals surface area contributed by atoms with Crippen molar-refractivity contribution in [3.8, 4) is 5.75 Å². The molecule has 0 aliphatic heterocycles. The number of ether oxygens (including phenoxy) is 1. The first kappa shape index (κ1) is 15.9. The fraction of sp³-hybridized carbons (Fsp3) is 0.133. The fourth-order valence-electron chi connectivity index (χ4n) is 2.06. The molecule has 0 amide bonds. The molecule has 3 N–H and O–H groups in total. The highest BCUT2D eigenvalue weighted by atomic mass is 35.5. The summed E-state index contributed by atoms with van der Waals surface area (Å²) in [5.41, 5.74) is 5.86. The summed E-state index contributed by atoms with van der Waals surface area (Å²) in [6.45, 7) is 1.54. The predicted octanol–water partition coefficient (Wildman–Crippen LogP) is 3.96. The second-order valence-electron chi connectivity index (χ2n) is 4.58. The van der Waals surface area contributed by atoms with Crippen molar-refractivity contribution in [3.63, 3.8) is 0 Å². The van der Waals surface area contributed by atoms with Crippen molar-refractivity contribution in [3.05, 3.63) is 46.5 Å². The van der Waals surface area contributed by atoms with Crippen LogP contribution < -0.4 is 15.6 Å². The Morgan fingerprint density at radius 3 is 2.59 bits per heavy atom. The fourth-order valence-corrected chi connectivity index (χ4v) is 2.21. The van der Waals surface area contributed by atoms with E-state index in [4.69, 9.17) is 22.1 Å². The van der Waals surface area contributed by atoms with Crippen molar-refractivity contribution in [1.82, 2.24) is 0 Å². The number of halogens is 2. The number of nitrogens with two attached hydrogens (primary N) is 1. The molecule has 0 aromatic heterocycles. The van der Waals surface area contributed by atoms with Crippen molar-refractivity contribution in [1.29, 1.82) is 0 Å². The van der Waals surface area contributed by atoms with Gasteiger partial charge in [0.25, 0.3) is 0 Å². The van der Waals surface area contributed by atoms with Gasteiger partial charge in [0.2, 0.25) is 0 Å². The molecule has 5 nitrogen and oxygen atoms in total. The number of carboxylic acids is 1. The molecule has 2 rings (SSSR count). The zero-order chi connectivity index (χ0) is 16.4. The summed E-state index contributed by atoms with van der Waals surface area (Å²) >= 11 is 5.97. The lowest BCUT2D eigenvalue weighted by Crippen LogP contribution is -2.13. The molecule has 0 saturated carbocycles. The quantitative estimate of drug-likeness (QED) is 0.657. The maximum Gasteiger partial charge on any atom is 0.337 e. The molecule has 116 valence electrons. The maximum absolute atomic E-state index is 14.8. The van der Waals surface area contributed by atoms with Crippen molar-refractivity contribution in [2.75, 3.05) is 18.0 Å². The van der Waals surface area contributed by atoms with Crippen LogP contribution in [0.25, 0.3) is 0 Å². The molecule has 0 aliphatic rings. The summed E-state index contributed by atoms with van der Waals surface area (Å²) < 4.78 is 19.8. The van der Waals surface area contributed by atoms with Crippen LogP contribution in [0.3, 0.4) is 0 Å². The number of rotatable bonds is 4. The Labute approximate surface area is 131 Å². The summed E-state index contributed by atoms with van der Waals surface area (Å²) in [6.07, 6.45) is 0. The van der Waals surface area contributed by atoms with E-state index in [1.165, 1.54) is 44.4 Å². The zero-order valence-corrected chi connectivity index (χ0v) is 12.7. The van der Waals surface area contributed by atoms with Crippen LogP contribution in [0.4, 0.5) is 21.5 Å². The van der Waals surface area contributed by atoms with E-state index < -0.39 is 5.97 Å². The maximum atomic E-state index is 14.8. The summed E-state index contributed by atoms with van der Waals surface area (Å²) in [5, 5.41) is 9.72. The molecule has 2 aromatic carbocycles. The zero-order valence-electron chi connectivity index (χ0n) is 11.9. The largest absolute Gasteiger partial charge is 0.497 e. The second kappa shape index (κ2) is 6.11. The van der Waals surface area contributed by atoms with Crippen molar-refractivity contribution >= 4 is 34.6 Å². The number of carbonyl (C=O) groups is 1. The number of hydrogen-bond acceptors (Lipinski definition) is 4. The highest BCUT2D eigenvalue weighted by molar-refractivity contribution is 6.32. The Kier molecular flexibility index (Phi) is 4.42. The number of hydrogen-bond donors (Lipinski definition) is 2. The summed E-state index contributed by atoms with van der Waals surface area (Å²) in [4.78, 5) is 11.3. The summed E-state index contributed by atoms with van der Waals surface area (Å²) in [5.74, 6) is -0.791. The number of anilines is 3. The number of nitrogens with zero attached hydrogens (tertiary/aromatic N) is 1. The van der Waals surface area contributed by atoms with E-state index in [9.17, 15) is 14.4 Å². The first-order valence-electron chi connectivity index (χ1n) is 6.28. The van der Waals surface area contributed by atoms with Gasteiger partial charge in [-0.05, 0) is 36.8 Å². The number of carboxylic acid groups (broad SMARTS) is 1. The molecule has 0 saturated heterocycles. The molecule has 0 aliphatic carbocycles. The molecule has 0 bridgehead atoms. The molecule has 0 heterocycles. The van der Waals surface area contributed by atoms with Crippen molar-refractivity contribution in [2.45, 2.75) is 6.92 Å². The average Bonchev–Trinajstić information content (AvgIpc) is 2.48. The molecule has 0 radical (unpaired) electrons. The van der Waals surface area contributed by atoms with Crippen LogP contribution in [0.5, 0.6) is 5.75 Å². The monoisotopic (exact) mass is 324 g/mol. The minimum Gasteiger partial charge on any atom is -0.497 e. The predicted molar refractivity (Wildman–Crippen MR) is 83.8 cm³/mol. The Balaban J connectivity index is 2.61. The van der Waals surface area contributed by atoms with Gasteiger partial charge in [-0.3, -0.25) is 0 Å². The standard InChI is InChI=1S/C15H14ClFN2O3/c1-8-11(16)5-4-10(15(20)21)14(8)19(17)13-6-3-9(22-2)7-12(13)18/h3-7H,18H2,1-2H3,(H,20,21). The lowest BCUT2D eigenvalue weighted by Gasteiger charge is -2.21. The van der Waals surface area contributed by atoms with Gasteiger partial charge < -0.3 is 15.6 Å². The SMILES string of the molecule is COc1ccc(N(F)c2c(C(=O)O)ccc(Cl)c2C)c(N)c1. The van der Waals surface area contributed by atoms with Crippen LogP contribution in [0.2, 0.25) is 5.02 Å². The van der Waals surface area contributed by atoms with Crippen molar-refractivity contribution in [2.24, 2.45) is 0 Å². The summed E-state index contributed by atoms with van der Waals surface area (Å²) in [6, 6.07) is 7.04. The lowest BCUT2D eigenvalue weighted by atomic mass is 10.1. The lowest BCUT2D eigenvalue weighted by molar-refractivity contribution is 0.0697. The van der Waals surface area contributed by atoms with Gasteiger partial charge in [0, 0.05) is 11.1 Å². The number of nitrogen functional groups attached to an aromatic ring is 1. The van der Waals surface area contributed by atoms with E-state index in [1.54, 1.807) is 0 Å². The number of benzene rings is 2. The third-order valence-electron chi connectivity index (χ3n) is 3.24. The molecule has 0 fully saturated rings. The smallest absolute Gasteiger partial charge is 0.337 e. The Morgan fingerprint density at radius 1 is 1.36 bits per heavy atom. The van der Waals surface area contributed by atoms with E-state index >= 15 is 0 Å². The van der Waals surface area contributed by atoms with E-state index in [2.05, 4.69) is 0 Å². The molecule has 7 heteroatoms. The molecule has 2 aromatic rings. The Morgan fingerprint density at radius 2 is 2.05 bits per heavy atom. The summed E-state index contributed by atoms with van der Waals surface area (Å²) in [7, 11) is 1.46. The van der Waals surface area contributed by atoms with Crippen LogP contribution in [0.15, 0.2) is 30.3 Å². The third kappa shape index (κ3) is 2.78. The Hall–Kier alpha value is -2.47. The molecular weight excluding hydrogens is 311 g/mol. The average molecular weight is 325 g/mol. The van der Waals surface area contributed by atoms with Gasteiger partial charge in [0.1, 0.15) is 5.75 Å². The molecule has 0 spiro atoms. The van der Waals surface area contributed by atoms with Crippen LogP contribution in [-0.2, 0) is 0 Å². The van der Waals surface area contributed by atoms with E-state index in [0.717, 1.165) is 0 Å². The highest BCUT2D eigenvalue weighted by Gasteiger charge is 2.23. The van der Waals surface area contributed by atoms with Crippen LogP contribution in [-0.4, -0.2) is 18.2 Å². The number of methoxy groups -OCH3 is 1. The van der Waals surface area contributed by atoms with Gasteiger partial charge in [0.15, 0.2) is 0 Å². The van der Waals surface area contributed by atoms with Gasteiger partial charge in [0.05, 0.1) is 29.7 Å². The van der Waals surface area contributed by atoms with Gasteiger partial charge in [-0.1, -0.05) is 16.1 Å². The molecule has 0 unspecified atom stereocenters. The number of aromatic carboxylic acids is 1. The minimum atomic E-state index is -1.26.